The highest BCUT2D eigenvalue weighted by atomic mass is 35.5. The van der Waals surface area contributed by atoms with Crippen molar-refractivity contribution in [3.05, 3.63) is 54.6 Å². The number of halogens is 4. The van der Waals surface area contributed by atoms with Crippen molar-refractivity contribution in [3.8, 4) is 17.1 Å². The van der Waals surface area contributed by atoms with E-state index in [-0.39, 0.29) is 23.1 Å². The third-order valence-corrected chi connectivity index (χ3v) is 4.42. The van der Waals surface area contributed by atoms with Gasteiger partial charge in [-0.2, -0.15) is 13.2 Å². The molecule has 1 aromatic carbocycles. The van der Waals surface area contributed by atoms with Crippen LogP contribution in [0.25, 0.3) is 17.1 Å². The van der Waals surface area contributed by atoms with Gasteiger partial charge in [0.2, 0.25) is 0 Å². The van der Waals surface area contributed by atoms with Crippen LogP contribution in [-0.4, -0.2) is 34.4 Å². The largest absolute Gasteiger partial charge is 0.453 e. The molecule has 11 heteroatoms. The lowest BCUT2D eigenvalue weighted by Gasteiger charge is -2.06. The fourth-order valence-electron chi connectivity index (χ4n) is 2.13. The highest BCUT2D eigenvalue weighted by molar-refractivity contribution is 7.90. The SMILES string of the molecule is CS(=O)(=O)c1ccc(-c2nc(C(F)(F)F)nn2-c2cccnc2)cc1.Cl. The average molecular weight is 405 g/mol. The van der Waals surface area contributed by atoms with Crippen molar-refractivity contribution < 1.29 is 21.6 Å². The maximum Gasteiger partial charge on any atom is 0.453 e. The third-order valence-electron chi connectivity index (χ3n) is 3.29. The quantitative estimate of drug-likeness (QED) is 0.670. The minimum absolute atomic E-state index is 0. The number of hydrogen-bond acceptors (Lipinski definition) is 5. The van der Waals surface area contributed by atoms with Crippen LogP contribution in [0.5, 0.6) is 0 Å². The van der Waals surface area contributed by atoms with Gasteiger partial charge in [-0.25, -0.2) is 18.1 Å². The molecule has 26 heavy (non-hydrogen) atoms. The lowest BCUT2D eigenvalue weighted by Crippen LogP contribution is -2.08. The first-order chi connectivity index (χ1) is 11.7. The zero-order valence-corrected chi connectivity index (χ0v) is 14.8. The molecule has 2 heterocycles. The van der Waals surface area contributed by atoms with Crippen molar-refractivity contribution in [1.82, 2.24) is 19.7 Å². The molecule has 0 spiro atoms. The van der Waals surface area contributed by atoms with E-state index in [4.69, 9.17) is 0 Å². The summed E-state index contributed by atoms with van der Waals surface area (Å²) in [7, 11) is -3.41. The first-order valence-electron chi connectivity index (χ1n) is 6.91. The molecule has 0 radical (unpaired) electrons. The van der Waals surface area contributed by atoms with E-state index in [9.17, 15) is 21.6 Å². The maximum absolute atomic E-state index is 13.0. The molecule has 0 N–H and O–H groups in total. The second kappa shape index (κ2) is 7.04. The van der Waals surface area contributed by atoms with E-state index in [1.165, 1.54) is 42.7 Å². The summed E-state index contributed by atoms with van der Waals surface area (Å²) >= 11 is 0. The zero-order chi connectivity index (χ0) is 18.2. The van der Waals surface area contributed by atoms with E-state index in [0.29, 0.717) is 11.3 Å². The Morgan fingerprint density at radius 1 is 1.08 bits per heavy atom. The molecule has 0 unspecified atom stereocenters. The summed E-state index contributed by atoms with van der Waals surface area (Å²) in [6.45, 7) is 0. The van der Waals surface area contributed by atoms with Gasteiger partial charge in [-0.15, -0.1) is 17.5 Å². The summed E-state index contributed by atoms with van der Waals surface area (Å²) in [4.78, 5) is 7.49. The van der Waals surface area contributed by atoms with Crippen LogP contribution in [0.4, 0.5) is 13.2 Å². The van der Waals surface area contributed by atoms with Gasteiger partial charge < -0.3 is 0 Å². The Hall–Kier alpha value is -2.46. The van der Waals surface area contributed by atoms with Crippen LogP contribution in [0.1, 0.15) is 5.82 Å². The van der Waals surface area contributed by atoms with Crippen molar-refractivity contribution in [3.63, 3.8) is 0 Å². The fraction of sp³-hybridized carbons (Fsp3) is 0.133. The summed E-state index contributed by atoms with van der Waals surface area (Å²) in [5.41, 5.74) is 0.590. The molecule has 0 saturated carbocycles. The second-order valence-corrected chi connectivity index (χ2v) is 7.19. The van der Waals surface area contributed by atoms with Gasteiger partial charge in [0.05, 0.1) is 16.8 Å². The molecule has 0 saturated heterocycles. The zero-order valence-electron chi connectivity index (χ0n) is 13.2. The topological polar surface area (TPSA) is 77.7 Å². The smallest absolute Gasteiger partial charge is 0.262 e. The summed E-state index contributed by atoms with van der Waals surface area (Å²) in [6, 6.07) is 8.47. The van der Waals surface area contributed by atoms with Gasteiger partial charge in [0.15, 0.2) is 15.7 Å². The number of benzene rings is 1. The Morgan fingerprint density at radius 3 is 2.23 bits per heavy atom. The highest BCUT2D eigenvalue weighted by Crippen LogP contribution is 2.30. The van der Waals surface area contributed by atoms with Crippen molar-refractivity contribution >= 4 is 22.2 Å². The molecule has 0 amide bonds. The van der Waals surface area contributed by atoms with Crippen LogP contribution >= 0.6 is 12.4 Å². The fourth-order valence-corrected chi connectivity index (χ4v) is 2.76. The van der Waals surface area contributed by atoms with Gasteiger partial charge in [0, 0.05) is 18.0 Å². The number of nitrogens with zero attached hydrogens (tertiary/aromatic N) is 4. The summed E-state index contributed by atoms with van der Waals surface area (Å²) < 4.78 is 63.0. The Balaban J connectivity index is 0.00000243. The van der Waals surface area contributed by atoms with Crippen LogP contribution < -0.4 is 0 Å². The molecule has 6 nitrogen and oxygen atoms in total. The van der Waals surface area contributed by atoms with E-state index < -0.39 is 21.8 Å². The van der Waals surface area contributed by atoms with Crippen LogP contribution in [-0.2, 0) is 16.0 Å². The first-order valence-corrected chi connectivity index (χ1v) is 8.80. The lowest BCUT2D eigenvalue weighted by atomic mass is 10.2. The molecule has 2 aromatic heterocycles. The maximum atomic E-state index is 13.0. The van der Waals surface area contributed by atoms with E-state index >= 15 is 0 Å². The Kier molecular flexibility index (Phi) is 5.38. The van der Waals surface area contributed by atoms with Gasteiger partial charge in [-0.1, -0.05) is 0 Å². The molecule has 0 aliphatic heterocycles. The lowest BCUT2D eigenvalue weighted by molar-refractivity contribution is -0.144. The highest BCUT2D eigenvalue weighted by Gasteiger charge is 2.37. The Morgan fingerprint density at radius 2 is 1.73 bits per heavy atom. The third kappa shape index (κ3) is 4.02. The summed E-state index contributed by atoms with van der Waals surface area (Å²) in [5.74, 6) is -1.36. The number of hydrogen-bond donors (Lipinski definition) is 0. The van der Waals surface area contributed by atoms with Gasteiger partial charge in [0.25, 0.3) is 5.82 Å². The molecule has 138 valence electrons. The van der Waals surface area contributed by atoms with Gasteiger partial charge in [-0.3, -0.25) is 4.98 Å². The monoisotopic (exact) mass is 404 g/mol. The average Bonchev–Trinajstić information content (AvgIpc) is 3.00. The van der Waals surface area contributed by atoms with E-state index in [1.54, 1.807) is 6.07 Å². The minimum atomic E-state index is -4.71. The van der Waals surface area contributed by atoms with Gasteiger partial charge in [-0.05, 0) is 36.4 Å². The summed E-state index contributed by atoms with van der Waals surface area (Å²) in [5, 5.41) is 3.52. The van der Waals surface area contributed by atoms with Gasteiger partial charge in [0.1, 0.15) is 0 Å². The van der Waals surface area contributed by atoms with Crippen LogP contribution in [0.3, 0.4) is 0 Å². The first kappa shape index (κ1) is 19.9. The second-order valence-electron chi connectivity index (χ2n) is 5.18. The normalized spacial score (nSPS) is 11.8. The molecular formula is C15H12ClF3N4O2S. The molecule has 0 fully saturated rings. The molecule has 3 rings (SSSR count). The van der Waals surface area contributed by atoms with Crippen LogP contribution in [0.15, 0.2) is 53.7 Å². The van der Waals surface area contributed by atoms with E-state index in [2.05, 4.69) is 15.1 Å². The Bertz CT molecular complexity index is 1000. The molecule has 0 aliphatic rings. The Labute approximate surface area is 153 Å². The summed E-state index contributed by atoms with van der Waals surface area (Å²) in [6.07, 6.45) is -0.842. The van der Waals surface area contributed by atoms with Crippen molar-refractivity contribution in [1.29, 1.82) is 0 Å². The van der Waals surface area contributed by atoms with Gasteiger partial charge >= 0.3 is 6.18 Å². The van der Waals surface area contributed by atoms with Crippen molar-refractivity contribution in [2.75, 3.05) is 6.26 Å². The predicted octanol–water partition coefficient (Wildman–Crippen LogP) is 3.17. The number of rotatable bonds is 3. The molecule has 0 aliphatic carbocycles. The van der Waals surface area contributed by atoms with E-state index in [1.807, 2.05) is 0 Å². The predicted molar refractivity (Wildman–Crippen MR) is 89.9 cm³/mol. The van der Waals surface area contributed by atoms with Crippen molar-refractivity contribution in [2.45, 2.75) is 11.1 Å². The molecular weight excluding hydrogens is 393 g/mol. The van der Waals surface area contributed by atoms with Crippen LogP contribution in [0, 0.1) is 0 Å². The minimum Gasteiger partial charge on any atom is -0.262 e. The number of sulfone groups is 1. The van der Waals surface area contributed by atoms with E-state index in [0.717, 1.165) is 10.9 Å². The standard InChI is InChI=1S/C15H11F3N4O2S.ClH/c1-25(23,24)12-6-4-10(5-7-12)13-20-14(15(16,17)18)21-22(13)11-3-2-8-19-9-11;/h2-9H,1H3;1H. The molecule has 3 aromatic rings. The molecule has 0 atom stereocenters. The van der Waals surface area contributed by atoms with Crippen molar-refractivity contribution in [2.24, 2.45) is 0 Å². The van der Waals surface area contributed by atoms with Crippen LogP contribution in [0.2, 0.25) is 0 Å². The number of pyridine rings is 1. The number of alkyl halides is 3. The number of aromatic nitrogens is 4. The molecule has 0 bridgehead atoms.